The van der Waals surface area contributed by atoms with Crippen molar-refractivity contribution in [3.05, 3.63) is 0 Å². The summed E-state index contributed by atoms with van der Waals surface area (Å²) in [5.41, 5.74) is 0.369. The smallest absolute Gasteiger partial charge is 0.0885 e. The van der Waals surface area contributed by atoms with Crippen LogP contribution in [-0.2, 0) is 0 Å². The number of nitrogens with zero attached hydrogens (tertiary/aromatic N) is 2. The molecule has 18 heavy (non-hydrogen) atoms. The third kappa shape index (κ3) is 4.22. The number of piperidine rings is 1. The highest BCUT2D eigenvalue weighted by Gasteiger charge is 2.27. The molecule has 2 aliphatic rings. The first-order valence-corrected chi connectivity index (χ1v) is 7.85. The summed E-state index contributed by atoms with van der Waals surface area (Å²) >= 11 is 0. The molecule has 0 aliphatic carbocycles. The Kier molecular flexibility index (Phi) is 5.05. The van der Waals surface area contributed by atoms with Crippen LogP contribution in [0.25, 0.3) is 0 Å². The molecule has 0 spiro atoms. The van der Waals surface area contributed by atoms with E-state index in [9.17, 15) is 0 Å². The second-order valence-corrected chi connectivity index (χ2v) is 7.10. The zero-order chi connectivity index (χ0) is 13.0. The lowest BCUT2D eigenvalue weighted by Gasteiger charge is -2.41. The maximum atomic E-state index is 2.66. The summed E-state index contributed by atoms with van der Waals surface area (Å²) in [6, 6.07) is 0. The van der Waals surface area contributed by atoms with Crippen molar-refractivity contribution in [1.82, 2.24) is 9.80 Å². The second kappa shape index (κ2) is 6.36. The van der Waals surface area contributed by atoms with Crippen molar-refractivity contribution in [2.45, 2.75) is 45.6 Å². The number of piperazine rings is 1. The van der Waals surface area contributed by atoms with Gasteiger partial charge in [0.05, 0.1) is 13.1 Å². The van der Waals surface area contributed by atoms with Gasteiger partial charge >= 0.3 is 0 Å². The maximum absolute atomic E-state index is 2.66. The molecule has 0 saturated carbocycles. The normalized spacial score (nSPS) is 25.5. The highest BCUT2D eigenvalue weighted by Crippen LogP contribution is 2.25. The van der Waals surface area contributed by atoms with Gasteiger partial charge < -0.3 is 5.32 Å². The molecule has 3 heteroatoms. The highest BCUT2D eigenvalue weighted by molar-refractivity contribution is 4.82. The van der Waals surface area contributed by atoms with E-state index in [0.29, 0.717) is 5.54 Å². The van der Waals surface area contributed by atoms with Gasteiger partial charge in [0, 0.05) is 18.6 Å². The Bertz CT molecular complexity index is 233. The van der Waals surface area contributed by atoms with E-state index in [1.807, 2.05) is 0 Å². The van der Waals surface area contributed by atoms with Crippen molar-refractivity contribution in [2.24, 2.45) is 5.92 Å². The average molecular weight is 254 g/mol. The fourth-order valence-corrected chi connectivity index (χ4v) is 3.29. The molecule has 2 rings (SSSR count). The molecule has 0 amide bonds. The van der Waals surface area contributed by atoms with Crippen LogP contribution in [-0.4, -0.2) is 61.2 Å². The van der Waals surface area contributed by atoms with E-state index in [1.165, 1.54) is 65.1 Å². The largest absolute Gasteiger partial charge is 0.344 e. The van der Waals surface area contributed by atoms with Gasteiger partial charge in [-0.2, -0.15) is 0 Å². The molecule has 0 radical (unpaired) electrons. The third-order valence-electron chi connectivity index (χ3n) is 4.72. The molecular formula is C15H32N3+. The Balaban J connectivity index is 1.64. The molecule has 3 nitrogen and oxygen atoms in total. The molecule has 2 saturated heterocycles. The topological polar surface area (TPSA) is 23.1 Å². The van der Waals surface area contributed by atoms with Crippen molar-refractivity contribution in [1.29, 1.82) is 0 Å². The van der Waals surface area contributed by atoms with E-state index in [0.717, 1.165) is 5.92 Å². The van der Waals surface area contributed by atoms with Crippen molar-refractivity contribution in [2.75, 3.05) is 45.8 Å². The summed E-state index contributed by atoms with van der Waals surface area (Å²) in [6.07, 6.45) is 4.26. The van der Waals surface area contributed by atoms with Crippen LogP contribution in [0, 0.1) is 5.92 Å². The van der Waals surface area contributed by atoms with Gasteiger partial charge in [0.1, 0.15) is 0 Å². The second-order valence-electron chi connectivity index (χ2n) is 7.10. The fourth-order valence-electron chi connectivity index (χ4n) is 3.29. The molecule has 2 heterocycles. The Labute approximate surface area is 113 Å². The van der Waals surface area contributed by atoms with Crippen LogP contribution in [0.2, 0.25) is 0 Å². The molecule has 0 bridgehead atoms. The van der Waals surface area contributed by atoms with Gasteiger partial charge in [-0.25, -0.2) is 0 Å². The number of quaternary nitrogens is 1. The summed E-state index contributed by atoms with van der Waals surface area (Å²) in [7, 11) is 0. The standard InChI is InChI=1S/C15H31N3/c1-15(2,3)18-10-5-14(6-11-18)4-9-17-12-7-16-8-13-17/h14,16H,4-13H2,1-3H3/p+1. The van der Waals surface area contributed by atoms with E-state index in [2.05, 4.69) is 35.9 Å². The number of nitrogens with two attached hydrogens (primary N) is 1. The molecule has 2 fully saturated rings. The molecule has 0 unspecified atom stereocenters. The molecule has 0 aromatic rings. The summed E-state index contributed by atoms with van der Waals surface area (Å²) in [6.45, 7) is 16.2. The van der Waals surface area contributed by atoms with E-state index < -0.39 is 0 Å². The third-order valence-corrected chi connectivity index (χ3v) is 4.72. The van der Waals surface area contributed by atoms with Crippen LogP contribution >= 0.6 is 0 Å². The first-order chi connectivity index (χ1) is 8.55. The molecule has 0 aromatic carbocycles. The van der Waals surface area contributed by atoms with E-state index in [1.54, 1.807) is 0 Å². The zero-order valence-corrected chi connectivity index (χ0v) is 12.6. The van der Waals surface area contributed by atoms with Crippen molar-refractivity contribution in [3.63, 3.8) is 0 Å². The van der Waals surface area contributed by atoms with Crippen LogP contribution < -0.4 is 5.32 Å². The quantitative estimate of drug-likeness (QED) is 0.804. The maximum Gasteiger partial charge on any atom is 0.0885 e. The Morgan fingerprint density at radius 1 is 1.00 bits per heavy atom. The lowest BCUT2D eigenvalue weighted by atomic mass is 9.90. The van der Waals surface area contributed by atoms with Crippen LogP contribution in [0.1, 0.15) is 40.0 Å². The lowest BCUT2D eigenvalue weighted by molar-refractivity contribution is -0.663. The van der Waals surface area contributed by atoms with Crippen molar-refractivity contribution in [3.8, 4) is 0 Å². The van der Waals surface area contributed by atoms with Gasteiger partial charge in [0.25, 0.3) is 0 Å². The van der Waals surface area contributed by atoms with E-state index in [-0.39, 0.29) is 0 Å². The molecule has 2 N–H and O–H groups in total. The van der Waals surface area contributed by atoms with Gasteiger partial charge in [-0.3, -0.25) is 9.80 Å². The number of hydrogen-bond acceptors (Lipinski definition) is 2. The lowest BCUT2D eigenvalue weighted by Crippen LogP contribution is -2.89. The van der Waals surface area contributed by atoms with E-state index >= 15 is 0 Å². The van der Waals surface area contributed by atoms with Gasteiger partial charge in [-0.05, 0) is 65.6 Å². The average Bonchev–Trinajstić information content (AvgIpc) is 2.37. The van der Waals surface area contributed by atoms with Crippen molar-refractivity contribution >= 4 is 0 Å². The summed E-state index contributed by atoms with van der Waals surface area (Å²) < 4.78 is 0. The Hall–Kier alpha value is -0.120. The number of hydrogen-bond donors (Lipinski definition) is 1. The minimum Gasteiger partial charge on any atom is -0.344 e. The van der Waals surface area contributed by atoms with Crippen molar-refractivity contribution < 1.29 is 5.32 Å². The fraction of sp³-hybridized carbons (Fsp3) is 1.00. The summed E-state index contributed by atoms with van der Waals surface area (Å²) in [4.78, 5) is 5.31. The zero-order valence-electron chi connectivity index (χ0n) is 12.6. The van der Waals surface area contributed by atoms with Gasteiger partial charge in [0.2, 0.25) is 0 Å². The van der Waals surface area contributed by atoms with Gasteiger partial charge in [-0.15, -0.1) is 0 Å². The highest BCUT2D eigenvalue weighted by atomic mass is 15.2. The summed E-state index contributed by atoms with van der Waals surface area (Å²) in [5.74, 6) is 0.981. The van der Waals surface area contributed by atoms with Crippen LogP contribution in [0.3, 0.4) is 0 Å². The van der Waals surface area contributed by atoms with Crippen LogP contribution in [0.15, 0.2) is 0 Å². The minimum absolute atomic E-state index is 0.369. The van der Waals surface area contributed by atoms with Gasteiger partial charge in [-0.1, -0.05) is 0 Å². The van der Waals surface area contributed by atoms with Crippen LogP contribution in [0.4, 0.5) is 0 Å². The van der Waals surface area contributed by atoms with E-state index in [4.69, 9.17) is 0 Å². The van der Waals surface area contributed by atoms with Gasteiger partial charge in [0.15, 0.2) is 0 Å². The molecule has 0 atom stereocenters. The predicted molar refractivity (Wildman–Crippen MR) is 76.8 cm³/mol. The Morgan fingerprint density at radius 3 is 2.17 bits per heavy atom. The molecule has 106 valence electrons. The first-order valence-electron chi connectivity index (χ1n) is 7.85. The monoisotopic (exact) mass is 254 g/mol. The number of rotatable bonds is 3. The predicted octanol–water partition coefficient (Wildman–Crippen LogP) is 0.766. The molecular weight excluding hydrogens is 222 g/mol. The minimum atomic E-state index is 0.369. The van der Waals surface area contributed by atoms with Crippen LogP contribution in [0.5, 0.6) is 0 Å². The first kappa shape index (κ1) is 14.3. The SMILES string of the molecule is CC(C)(C)N1CCC(CCN2CC[NH2+]CC2)CC1. The molecule has 0 aromatic heterocycles. The molecule has 2 aliphatic heterocycles. The Morgan fingerprint density at radius 2 is 1.61 bits per heavy atom. The summed E-state index contributed by atoms with van der Waals surface area (Å²) in [5, 5.41) is 2.44. The number of likely N-dealkylation sites (tertiary alicyclic amines) is 1.